The number of aryl methyl sites for hydroxylation is 1. The van der Waals surface area contributed by atoms with Gasteiger partial charge in [0.2, 0.25) is 5.91 Å². The van der Waals surface area contributed by atoms with Crippen LogP contribution in [0.3, 0.4) is 0 Å². The zero-order valence-electron chi connectivity index (χ0n) is 14.2. The molecule has 5 heteroatoms. The van der Waals surface area contributed by atoms with Gasteiger partial charge in [0.15, 0.2) is 0 Å². The number of hydrogen-bond donors (Lipinski definition) is 1. The molecule has 5 nitrogen and oxygen atoms in total. The molecule has 1 aliphatic carbocycles. The number of rotatable bonds is 3. The Kier molecular flexibility index (Phi) is 5.07. The minimum Gasteiger partial charge on any atom is -0.497 e. The molecule has 24 heavy (non-hydrogen) atoms. The number of anilines is 1. The van der Waals surface area contributed by atoms with Gasteiger partial charge in [-0.3, -0.25) is 9.59 Å². The lowest BCUT2D eigenvalue weighted by molar-refractivity contribution is -0.143. The highest BCUT2D eigenvalue weighted by atomic mass is 16.5. The Labute approximate surface area is 142 Å². The van der Waals surface area contributed by atoms with Crippen molar-refractivity contribution in [3.8, 4) is 5.75 Å². The molecule has 1 aliphatic heterocycles. The Bertz CT molecular complexity index is 628. The number of benzene rings is 1. The van der Waals surface area contributed by atoms with Gasteiger partial charge in [-0.15, -0.1) is 0 Å². The van der Waals surface area contributed by atoms with Crippen LogP contribution in [0.2, 0.25) is 0 Å². The number of hydrogen-bond acceptors (Lipinski definition) is 3. The van der Waals surface area contributed by atoms with E-state index < -0.39 is 5.97 Å². The number of ether oxygens (including phenoxy) is 1. The molecule has 2 unspecified atom stereocenters. The summed E-state index contributed by atoms with van der Waals surface area (Å²) in [4.78, 5) is 26.3. The number of carboxylic acids is 1. The van der Waals surface area contributed by atoms with Crippen molar-refractivity contribution in [1.29, 1.82) is 0 Å². The van der Waals surface area contributed by atoms with E-state index in [1.54, 1.807) is 7.11 Å². The lowest BCUT2D eigenvalue weighted by Crippen LogP contribution is -2.39. The van der Waals surface area contributed by atoms with Gasteiger partial charge in [0, 0.05) is 18.2 Å². The molecule has 0 aromatic heterocycles. The quantitative estimate of drug-likeness (QED) is 0.923. The summed E-state index contributed by atoms with van der Waals surface area (Å²) in [7, 11) is 1.65. The second kappa shape index (κ2) is 7.24. The van der Waals surface area contributed by atoms with Gasteiger partial charge in [0.25, 0.3) is 0 Å². The molecular weight excluding hydrogens is 306 g/mol. The van der Waals surface area contributed by atoms with Crippen LogP contribution < -0.4 is 9.64 Å². The molecule has 1 heterocycles. The zero-order chi connectivity index (χ0) is 17.1. The molecule has 130 valence electrons. The summed E-state index contributed by atoms with van der Waals surface area (Å²) in [5.41, 5.74) is 2.11. The van der Waals surface area contributed by atoms with E-state index in [-0.39, 0.29) is 17.7 Å². The molecule has 2 aliphatic rings. The minimum absolute atomic E-state index is 0.0919. The van der Waals surface area contributed by atoms with E-state index >= 15 is 0 Å². The summed E-state index contributed by atoms with van der Waals surface area (Å²) in [5, 5.41) is 9.27. The molecule has 2 atom stereocenters. The Balaban J connectivity index is 1.83. The first kappa shape index (κ1) is 16.8. The van der Waals surface area contributed by atoms with Crippen molar-refractivity contribution >= 4 is 17.6 Å². The van der Waals surface area contributed by atoms with Crippen molar-refractivity contribution in [2.45, 2.75) is 44.9 Å². The third-order valence-electron chi connectivity index (χ3n) is 5.29. The summed E-state index contributed by atoms with van der Waals surface area (Å²) < 4.78 is 5.30. The van der Waals surface area contributed by atoms with E-state index in [9.17, 15) is 14.7 Å². The lowest BCUT2D eigenvalue weighted by Gasteiger charge is -2.31. The van der Waals surface area contributed by atoms with Crippen LogP contribution in [0.25, 0.3) is 0 Å². The standard InChI is InChI=1S/C19H25NO4/c1-24-16-8-9-17-13(12-16)5-2-3-10-20(17)18(21)14-6-4-7-15(11-14)19(22)23/h8-9,12,14-15H,2-7,10-11H2,1H3,(H,22,23). The summed E-state index contributed by atoms with van der Waals surface area (Å²) >= 11 is 0. The second-order valence-corrected chi connectivity index (χ2v) is 6.84. The third kappa shape index (κ3) is 3.40. The van der Waals surface area contributed by atoms with E-state index in [0.717, 1.165) is 49.1 Å². The van der Waals surface area contributed by atoms with Crippen molar-refractivity contribution in [3.05, 3.63) is 23.8 Å². The minimum atomic E-state index is -0.770. The van der Waals surface area contributed by atoms with Gasteiger partial charge >= 0.3 is 5.97 Å². The first-order valence-corrected chi connectivity index (χ1v) is 8.81. The van der Waals surface area contributed by atoms with Gasteiger partial charge in [-0.2, -0.15) is 0 Å². The fraction of sp³-hybridized carbons (Fsp3) is 0.579. The number of methoxy groups -OCH3 is 1. The van der Waals surface area contributed by atoms with E-state index in [0.29, 0.717) is 19.4 Å². The van der Waals surface area contributed by atoms with Crippen LogP contribution in [0.4, 0.5) is 5.69 Å². The van der Waals surface area contributed by atoms with Crippen LogP contribution in [0.5, 0.6) is 5.75 Å². The molecule has 0 radical (unpaired) electrons. The lowest BCUT2D eigenvalue weighted by atomic mass is 9.80. The molecule has 1 saturated carbocycles. The smallest absolute Gasteiger partial charge is 0.306 e. The van der Waals surface area contributed by atoms with Gasteiger partial charge < -0.3 is 14.7 Å². The van der Waals surface area contributed by atoms with Crippen LogP contribution in [-0.4, -0.2) is 30.6 Å². The number of carbonyl (C=O) groups is 2. The highest BCUT2D eigenvalue weighted by Crippen LogP contribution is 2.35. The topological polar surface area (TPSA) is 66.8 Å². The molecule has 0 saturated heterocycles. The Morgan fingerprint density at radius 3 is 2.71 bits per heavy atom. The van der Waals surface area contributed by atoms with Crippen LogP contribution in [0, 0.1) is 11.8 Å². The zero-order valence-corrected chi connectivity index (χ0v) is 14.2. The molecule has 1 aromatic carbocycles. The third-order valence-corrected chi connectivity index (χ3v) is 5.29. The average Bonchev–Trinajstić information content (AvgIpc) is 2.82. The Hall–Kier alpha value is -2.04. The highest BCUT2D eigenvalue weighted by Gasteiger charge is 2.34. The molecule has 0 spiro atoms. The molecule has 0 bridgehead atoms. The first-order chi connectivity index (χ1) is 11.6. The Morgan fingerprint density at radius 1 is 1.17 bits per heavy atom. The maximum atomic E-state index is 13.1. The average molecular weight is 331 g/mol. The van der Waals surface area contributed by atoms with E-state index in [2.05, 4.69) is 0 Å². The number of amides is 1. The monoisotopic (exact) mass is 331 g/mol. The van der Waals surface area contributed by atoms with Crippen LogP contribution >= 0.6 is 0 Å². The molecule has 1 fully saturated rings. The van der Waals surface area contributed by atoms with E-state index in [4.69, 9.17) is 4.74 Å². The predicted molar refractivity (Wildman–Crippen MR) is 91.4 cm³/mol. The van der Waals surface area contributed by atoms with Gasteiger partial charge in [0.1, 0.15) is 5.75 Å². The van der Waals surface area contributed by atoms with Gasteiger partial charge in [-0.05, 0) is 62.3 Å². The van der Waals surface area contributed by atoms with Crippen molar-refractivity contribution in [3.63, 3.8) is 0 Å². The molecule has 1 amide bonds. The molecule has 1 aromatic rings. The summed E-state index contributed by atoms with van der Waals surface area (Å²) in [6.45, 7) is 0.715. The molecule has 3 rings (SSSR count). The normalized spacial score (nSPS) is 24.0. The predicted octanol–water partition coefficient (Wildman–Crippen LogP) is 3.26. The largest absolute Gasteiger partial charge is 0.497 e. The van der Waals surface area contributed by atoms with Crippen molar-refractivity contribution in [2.75, 3.05) is 18.6 Å². The van der Waals surface area contributed by atoms with Crippen LogP contribution in [-0.2, 0) is 16.0 Å². The maximum Gasteiger partial charge on any atom is 0.306 e. The summed E-state index contributed by atoms with van der Waals surface area (Å²) in [6, 6.07) is 5.88. The summed E-state index contributed by atoms with van der Waals surface area (Å²) in [5.74, 6) is -0.419. The SMILES string of the molecule is COc1ccc2c(c1)CCCCN2C(=O)C1CCCC(C(=O)O)C1. The summed E-state index contributed by atoms with van der Waals surface area (Å²) in [6.07, 6.45) is 5.73. The fourth-order valence-corrected chi connectivity index (χ4v) is 3.95. The van der Waals surface area contributed by atoms with Crippen LogP contribution in [0.1, 0.15) is 44.1 Å². The highest BCUT2D eigenvalue weighted by molar-refractivity contribution is 5.96. The van der Waals surface area contributed by atoms with Gasteiger partial charge in [-0.25, -0.2) is 0 Å². The van der Waals surface area contributed by atoms with Crippen molar-refractivity contribution in [2.24, 2.45) is 11.8 Å². The van der Waals surface area contributed by atoms with Gasteiger partial charge in [0.05, 0.1) is 13.0 Å². The van der Waals surface area contributed by atoms with Crippen molar-refractivity contribution in [1.82, 2.24) is 0 Å². The maximum absolute atomic E-state index is 13.1. The number of nitrogens with zero attached hydrogens (tertiary/aromatic N) is 1. The van der Waals surface area contributed by atoms with Crippen molar-refractivity contribution < 1.29 is 19.4 Å². The van der Waals surface area contributed by atoms with Crippen LogP contribution in [0.15, 0.2) is 18.2 Å². The number of fused-ring (bicyclic) bond motifs is 1. The number of carboxylic acid groups (broad SMARTS) is 1. The van der Waals surface area contributed by atoms with E-state index in [1.807, 2.05) is 23.1 Å². The van der Waals surface area contributed by atoms with Gasteiger partial charge in [-0.1, -0.05) is 6.42 Å². The molecular formula is C19H25NO4. The first-order valence-electron chi connectivity index (χ1n) is 8.81. The fourth-order valence-electron chi connectivity index (χ4n) is 3.95. The number of carbonyl (C=O) groups excluding carboxylic acids is 1. The Morgan fingerprint density at radius 2 is 1.96 bits per heavy atom. The number of aliphatic carboxylic acids is 1. The van der Waals surface area contributed by atoms with E-state index in [1.165, 1.54) is 0 Å². The molecule has 1 N–H and O–H groups in total. The second-order valence-electron chi connectivity index (χ2n) is 6.84.